The summed E-state index contributed by atoms with van der Waals surface area (Å²) in [4.78, 5) is 23.2. The molecule has 0 fully saturated rings. The SMILES string of the molecule is CC(=O)C(NC(=O)OC(C)(C)C)c1ccccc1. The Kier molecular flexibility index (Phi) is 4.48. The maximum atomic E-state index is 11.7. The molecule has 0 saturated heterocycles. The summed E-state index contributed by atoms with van der Waals surface area (Å²) in [7, 11) is 0. The highest BCUT2D eigenvalue weighted by Crippen LogP contribution is 2.15. The van der Waals surface area contributed by atoms with Gasteiger partial charge < -0.3 is 10.1 Å². The molecule has 1 atom stereocenters. The van der Waals surface area contributed by atoms with Crippen LogP contribution in [0.5, 0.6) is 0 Å². The number of amides is 1. The number of rotatable bonds is 3. The van der Waals surface area contributed by atoms with Crippen LogP contribution in [-0.4, -0.2) is 17.5 Å². The number of ketones is 1. The first kappa shape index (κ1) is 14.2. The lowest BCUT2D eigenvalue weighted by Crippen LogP contribution is -2.37. The molecule has 0 radical (unpaired) electrons. The normalized spacial score (nSPS) is 12.7. The standard InChI is InChI=1S/C14H19NO3/c1-10(16)12(11-8-6-5-7-9-11)15-13(17)18-14(2,3)4/h5-9,12H,1-4H3,(H,15,17). The molecule has 0 aliphatic carbocycles. The summed E-state index contributed by atoms with van der Waals surface area (Å²) in [5, 5.41) is 2.58. The number of Topliss-reactive ketones (excluding diaryl/α,β-unsaturated/α-hetero) is 1. The molecule has 0 aromatic heterocycles. The second-order valence-corrected chi connectivity index (χ2v) is 5.10. The summed E-state index contributed by atoms with van der Waals surface area (Å²) in [5.41, 5.74) is 0.165. The highest BCUT2D eigenvalue weighted by molar-refractivity contribution is 5.86. The van der Waals surface area contributed by atoms with E-state index in [0.29, 0.717) is 0 Å². The fraction of sp³-hybridized carbons (Fsp3) is 0.429. The van der Waals surface area contributed by atoms with Crippen LogP contribution in [0.4, 0.5) is 4.79 Å². The lowest BCUT2D eigenvalue weighted by atomic mass is 10.0. The van der Waals surface area contributed by atoms with Crippen molar-refractivity contribution in [3.05, 3.63) is 35.9 Å². The Labute approximate surface area is 107 Å². The van der Waals surface area contributed by atoms with Crippen molar-refractivity contribution in [3.63, 3.8) is 0 Å². The maximum Gasteiger partial charge on any atom is 0.408 e. The Morgan fingerprint density at radius 2 is 1.72 bits per heavy atom. The molecule has 1 rings (SSSR count). The second-order valence-electron chi connectivity index (χ2n) is 5.10. The molecule has 1 aromatic carbocycles. The summed E-state index contributed by atoms with van der Waals surface area (Å²) in [6, 6.07) is 8.42. The molecule has 1 unspecified atom stereocenters. The first-order valence-corrected chi connectivity index (χ1v) is 5.84. The van der Waals surface area contributed by atoms with Gasteiger partial charge in [0.15, 0.2) is 5.78 Å². The summed E-state index contributed by atoms with van der Waals surface area (Å²) in [6.07, 6.45) is -0.591. The minimum Gasteiger partial charge on any atom is -0.444 e. The van der Waals surface area contributed by atoms with Crippen molar-refractivity contribution in [3.8, 4) is 0 Å². The number of nitrogens with one attached hydrogen (secondary N) is 1. The van der Waals surface area contributed by atoms with Gasteiger partial charge in [0.1, 0.15) is 11.6 Å². The van der Waals surface area contributed by atoms with Gasteiger partial charge in [-0.1, -0.05) is 30.3 Å². The van der Waals surface area contributed by atoms with E-state index in [-0.39, 0.29) is 5.78 Å². The van der Waals surface area contributed by atoms with Gasteiger partial charge in [-0.2, -0.15) is 0 Å². The van der Waals surface area contributed by atoms with Gasteiger partial charge >= 0.3 is 6.09 Å². The number of alkyl carbamates (subject to hydrolysis) is 1. The average molecular weight is 249 g/mol. The van der Waals surface area contributed by atoms with Gasteiger partial charge in [-0.3, -0.25) is 4.79 Å². The molecule has 0 aliphatic heterocycles. The molecule has 1 aromatic rings. The van der Waals surface area contributed by atoms with E-state index >= 15 is 0 Å². The van der Waals surface area contributed by atoms with E-state index in [1.807, 2.05) is 18.2 Å². The van der Waals surface area contributed by atoms with E-state index in [1.165, 1.54) is 6.92 Å². The molecule has 18 heavy (non-hydrogen) atoms. The van der Waals surface area contributed by atoms with Gasteiger partial charge in [0.2, 0.25) is 0 Å². The molecular weight excluding hydrogens is 230 g/mol. The van der Waals surface area contributed by atoms with Crippen LogP contribution in [0, 0.1) is 0 Å². The zero-order valence-corrected chi connectivity index (χ0v) is 11.2. The zero-order valence-electron chi connectivity index (χ0n) is 11.2. The van der Waals surface area contributed by atoms with E-state index in [4.69, 9.17) is 4.74 Å². The monoisotopic (exact) mass is 249 g/mol. The topological polar surface area (TPSA) is 55.4 Å². The van der Waals surface area contributed by atoms with Crippen LogP contribution in [0.3, 0.4) is 0 Å². The molecule has 0 saturated carbocycles. The van der Waals surface area contributed by atoms with Crippen LogP contribution in [0.1, 0.15) is 39.3 Å². The number of ether oxygens (including phenoxy) is 1. The molecular formula is C14H19NO3. The Morgan fingerprint density at radius 1 is 1.17 bits per heavy atom. The number of benzene rings is 1. The third kappa shape index (κ3) is 4.57. The zero-order chi connectivity index (χ0) is 13.8. The van der Waals surface area contributed by atoms with Crippen molar-refractivity contribution in [1.29, 1.82) is 0 Å². The van der Waals surface area contributed by atoms with Crippen molar-refractivity contribution in [1.82, 2.24) is 5.32 Å². The maximum absolute atomic E-state index is 11.7. The molecule has 4 nitrogen and oxygen atoms in total. The minimum absolute atomic E-state index is 0.132. The number of carbonyl (C=O) groups excluding carboxylic acids is 2. The largest absolute Gasteiger partial charge is 0.444 e. The predicted molar refractivity (Wildman–Crippen MR) is 69.2 cm³/mol. The quantitative estimate of drug-likeness (QED) is 0.896. The van der Waals surface area contributed by atoms with Gasteiger partial charge in [-0.25, -0.2) is 4.79 Å². The number of hydrogen-bond donors (Lipinski definition) is 1. The Balaban J connectivity index is 2.77. The fourth-order valence-corrected chi connectivity index (χ4v) is 1.49. The summed E-state index contributed by atoms with van der Waals surface area (Å²) in [5.74, 6) is -0.132. The highest BCUT2D eigenvalue weighted by atomic mass is 16.6. The summed E-state index contributed by atoms with van der Waals surface area (Å²) in [6.45, 7) is 6.77. The minimum atomic E-state index is -0.666. The molecule has 1 N–H and O–H groups in total. The van der Waals surface area contributed by atoms with Crippen LogP contribution in [0.2, 0.25) is 0 Å². The van der Waals surface area contributed by atoms with Crippen molar-refractivity contribution in [2.75, 3.05) is 0 Å². The van der Waals surface area contributed by atoms with E-state index in [1.54, 1.807) is 32.9 Å². The molecule has 0 aliphatic rings. The number of carbonyl (C=O) groups is 2. The van der Waals surface area contributed by atoms with Gasteiger partial charge in [0.25, 0.3) is 0 Å². The van der Waals surface area contributed by atoms with Crippen LogP contribution >= 0.6 is 0 Å². The first-order valence-electron chi connectivity index (χ1n) is 5.84. The van der Waals surface area contributed by atoms with Crippen molar-refractivity contribution < 1.29 is 14.3 Å². The van der Waals surface area contributed by atoms with Crippen molar-refractivity contribution >= 4 is 11.9 Å². The number of hydrogen-bond acceptors (Lipinski definition) is 3. The van der Waals surface area contributed by atoms with Gasteiger partial charge in [-0.15, -0.1) is 0 Å². The molecule has 98 valence electrons. The lowest BCUT2D eigenvalue weighted by Gasteiger charge is -2.22. The Hall–Kier alpha value is -1.84. The molecule has 4 heteroatoms. The van der Waals surface area contributed by atoms with E-state index < -0.39 is 17.7 Å². The fourth-order valence-electron chi connectivity index (χ4n) is 1.49. The van der Waals surface area contributed by atoms with Crippen molar-refractivity contribution in [2.45, 2.75) is 39.3 Å². The van der Waals surface area contributed by atoms with E-state index in [9.17, 15) is 9.59 Å². The summed E-state index contributed by atoms with van der Waals surface area (Å²) >= 11 is 0. The third-order valence-electron chi connectivity index (χ3n) is 2.20. The van der Waals surface area contributed by atoms with E-state index in [0.717, 1.165) is 5.56 Å². The van der Waals surface area contributed by atoms with Crippen molar-refractivity contribution in [2.24, 2.45) is 0 Å². The molecule has 0 spiro atoms. The molecule has 1 amide bonds. The van der Waals surface area contributed by atoms with Gasteiger partial charge in [-0.05, 0) is 33.3 Å². The van der Waals surface area contributed by atoms with E-state index in [2.05, 4.69) is 5.32 Å². The molecule has 0 bridgehead atoms. The van der Waals surface area contributed by atoms with Crippen LogP contribution in [0.25, 0.3) is 0 Å². The summed E-state index contributed by atoms with van der Waals surface area (Å²) < 4.78 is 5.14. The smallest absolute Gasteiger partial charge is 0.408 e. The third-order valence-corrected chi connectivity index (χ3v) is 2.20. The molecule has 0 heterocycles. The predicted octanol–water partition coefficient (Wildman–Crippen LogP) is 2.84. The van der Waals surface area contributed by atoms with Gasteiger partial charge in [0.05, 0.1) is 0 Å². The van der Waals surface area contributed by atoms with Crippen LogP contribution in [-0.2, 0) is 9.53 Å². The van der Waals surface area contributed by atoms with Crippen LogP contribution in [0.15, 0.2) is 30.3 Å². The van der Waals surface area contributed by atoms with Gasteiger partial charge in [0, 0.05) is 0 Å². The second kappa shape index (κ2) is 5.67. The van der Waals surface area contributed by atoms with Crippen LogP contribution < -0.4 is 5.32 Å². The highest BCUT2D eigenvalue weighted by Gasteiger charge is 2.22. The lowest BCUT2D eigenvalue weighted by molar-refractivity contribution is -0.119. The Bertz CT molecular complexity index is 420. The Morgan fingerprint density at radius 3 is 2.17 bits per heavy atom. The first-order chi connectivity index (χ1) is 8.29. The average Bonchev–Trinajstić information content (AvgIpc) is 2.24.